The Bertz CT molecular complexity index is 2520. The number of aromatic amines is 1. The van der Waals surface area contributed by atoms with Crippen LogP contribution in [0.4, 0.5) is 5.69 Å². The van der Waals surface area contributed by atoms with E-state index in [0.29, 0.717) is 50.6 Å². The second kappa shape index (κ2) is 18.5. The number of fused-ring (bicyclic) bond motifs is 2. The van der Waals surface area contributed by atoms with Gasteiger partial charge in [-0.15, -0.1) is 0 Å². The predicted molar refractivity (Wildman–Crippen MR) is 223 cm³/mol. The van der Waals surface area contributed by atoms with Gasteiger partial charge in [0.25, 0.3) is 17.7 Å². The topological polar surface area (TPSA) is 240 Å². The quantitative estimate of drug-likeness (QED) is 0.0473. The fraction of sp³-hybridized carbons (Fsp3) is 0.273. The van der Waals surface area contributed by atoms with Gasteiger partial charge in [0, 0.05) is 65.0 Å². The van der Waals surface area contributed by atoms with Crippen molar-refractivity contribution in [3.05, 3.63) is 108 Å². The van der Waals surface area contributed by atoms with Crippen LogP contribution in [0.25, 0.3) is 33.3 Å². The van der Waals surface area contributed by atoms with Crippen LogP contribution >= 0.6 is 0 Å². The smallest absolute Gasteiger partial charge is 0.341 e. The van der Waals surface area contributed by atoms with Crippen molar-refractivity contribution in [1.82, 2.24) is 30.5 Å². The molecule has 16 heteroatoms. The number of aromatic nitrogens is 3. The van der Waals surface area contributed by atoms with E-state index in [1.807, 2.05) is 18.2 Å². The van der Waals surface area contributed by atoms with Gasteiger partial charge < -0.3 is 50.9 Å². The summed E-state index contributed by atoms with van der Waals surface area (Å²) in [7, 11) is 0. The van der Waals surface area contributed by atoms with Crippen LogP contribution in [0, 0.1) is 0 Å². The first kappa shape index (κ1) is 40.8. The number of hydrogen-bond acceptors (Lipinski definition) is 9. The summed E-state index contributed by atoms with van der Waals surface area (Å²) in [5.74, 6) is -2.00. The lowest BCUT2D eigenvalue weighted by Gasteiger charge is -2.25. The third-order valence-electron chi connectivity index (χ3n) is 10.4. The van der Waals surface area contributed by atoms with Crippen molar-refractivity contribution >= 4 is 57.3 Å². The van der Waals surface area contributed by atoms with Crippen molar-refractivity contribution in [2.24, 2.45) is 0 Å². The van der Waals surface area contributed by atoms with Crippen LogP contribution < -0.4 is 31.2 Å². The largest absolute Gasteiger partial charge is 0.484 e. The molecule has 4 aromatic carbocycles. The molecule has 310 valence electrons. The number of carbonyl (C=O) groups excluding carboxylic acids is 3. The molecule has 3 amide bonds. The van der Waals surface area contributed by atoms with Crippen LogP contribution in [-0.2, 0) is 20.8 Å². The highest BCUT2D eigenvalue weighted by molar-refractivity contribution is 6.00. The molecule has 1 saturated carbocycles. The molecule has 0 aliphatic heterocycles. The van der Waals surface area contributed by atoms with Gasteiger partial charge >= 0.3 is 11.9 Å². The third kappa shape index (κ3) is 9.83. The third-order valence-corrected chi connectivity index (χ3v) is 10.4. The minimum atomic E-state index is -1.27. The maximum atomic E-state index is 13.6. The number of carboxylic acids is 2. The summed E-state index contributed by atoms with van der Waals surface area (Å²) >= 11 is 0. The van der Waals surface area contributed by atoms with Crippen molar-refractivity contribution in [3.8, 4) is 22.9 Å². The zero-order valence-corrected chi connectivity index (χ0v) is 32.6. The minimum Gasteiger partial charge on any atom is -0.484 e. The average Bonchev–Trinajstić information content (AvgIpc) is 3.84. The van der Waals surface area contributed by atoms with E-state index in [1.165, 1.54) is 0 Å². The van der Waals surface area contributed by atoms with E-state index in [4.69, 9.17) is 25.3 Å². The molecule has 1 fully saturated rings. The number of ether oxygens (including phenoxy) is 2. The maximum Gasteiger partial charge on any atom is 0.341 e. The van der Waals surface area contributed by atoms with E-state index in [1.54, 1.807) is 72.9 Å². The molecule has 16 nitrogen and oxygen atoms in total. The van der Waals surface area contributed by atoms with Gasteiger partial charge in [0.15, 0.2) is 13.2 Å². The SMILES string of the molecule is Nc1ccc(C(=O)NCCNC(=O)COc2ccc(-c3nc4cc(C(=O)N[C@@H](Cc5c[nH]c6ccc(OCC(=O)O)cc56)C(=O)O)ccc4n3C3CCCCC3)cc2)cc1. The lowest BCUT2D eigenvalue weighted by Crippen LogP contribution is -2.42. The molecule has 0 spiro atoms. The molecule has 0 unspecified atom stereocenters. The molecule has 2 aromatic heterocycles. The van der Waals surface area contributed by atoms with Crippen LogP contribution in [0.2, 0.25) is 0 Å². The molecule has 1 atom stereocenters. The van der Waals surface area contributed by atoms with E-state index in [9.17, 15) is 29.1 Å². The zero-order chi connectivity index (χ0) is 42.2. The zero-order valence-electron chi connectivity index (χ0n) is 32.6. The summed E-state index contributed by atoms with van der Waals surface area (Å²) in [4.78, 5) is 69.8. The maximum absolute atomic E-state index is 13.6. The molecule has 0 radical (unpaired) electrons. The van der Waals surface area contributed by atoms with Gasteiger partial charge in [-0.25, -0.2) is 14.6 Å². The van der Waals surface area contributed by atoms with Crippen molar-refractivity contribution in [3.63, 3.8) is 0 Å². The number of rotatable bonds is 17. The number of carbonyl (C=O) groups is 5. The highest BCUT2D eigenvalue weighted by atomic mass is 16.5. The Morgan fingerprint density at radius 3 is 2.23 bits per heavy atom. The number of nitrogens with one attached hydrogen (secondary N) is 4. The Morgan fingerprint density at radius 1 is 0.800 bits per heavy atom. The van der Waals surface area contributed by atoms with Crippen LogP contribution in [0.1, 0.15) is 64.4 Å². The first-order valence-electron chi connectivity index (χ1n) is 19.7. The number of H-pyrrole nitrogens is 1. The predicted octanol–water partition coefficient (Wildman–Crippen LogP) is 5.09. The molecule has 60 heavy (non-hydrogen) atoms. The van der Waals surface area contributed by atoms with Gasteiger partial charge in [-0.05, 0) is 103 Å². The average molecular weight is 816 g/mol. The van der Waals surface area contributed by atoms with Crippen molar-refractivity contribution in [2.45, 2.75) is 50.6 Å². The lowest BCUT2D eigenvalue weighted by molar-refractivity contribution is -0.140. The first-order chi connectivity index (χ1) is 29.0. The molecule has 1 aliphatic rings. The summed E-state index contributed by atoms with van der Waals surface area (Å²) < 4.78 is 13.3. The highest BCUT2D eigenvalue weighted by Crippen LogP contribution is 2.36. The van der Waals surface area contributed by atoms with Crippen molar-refractivity contribution in [2.75, 3.05) is 32.0 Å². The summed E-state index contributed by atoms with van der Waals surface area (Å²) in [5, 5.41) is 27.9. The number of anilines is 1. The van der Waals surface area contributed by atoms with Gasteiger partial charge in [0.05, 0.1) is 11.0 Å². The van der Waals surface area contributed by atoms with Gasteiger partial charge in [0.2, 0.25) is 0 Å². The van der Waals surface area contributed by atoms with E-state index < -0.39 is 30.5 Å². The summed E-state index contributed by atoms with van der Waals surface area (Å²) in [6.07, 6.45) is 6.89. The lowest BCUT2D eigenvalue weighted by atomic mass is 9.94. The minimum absolute atomic E-state index is 0.0395. The Kier molecular flexibility index (Phi) is 12.6. The Morgan fingerprint density at radius 2 is 1.50 bits per heavy atom. The number of aliphatic carboxylic acids is 2. The Balaban J connectivity index is 1.01. The van der Waals surface area contributed by atoms with Crippen molar-refractivity contribution in [1.29, 1.82) is 0 Å². The summed E-state index contributed by atoms with van der Waals surface area (Å²) in [5.41, 5.74) is 10.5. The second-order valence-electron chi connectivity index (χ2n) is 14.6. The second-order valence-corrected chi connectivity index (χ2v) is 14.6. The summed E-state index contributed by atoms with van der Waals surface area (Å²) in [6, 6.07) is 22.9. The number of benzene rings is 4. The van der Waals surface area contributed by atoms with E-state index in [2.05, 4.69) is 25.5 Å². The molecule has 6 aromatic rings. The fourth-order valence-electron chi connectivity index (χ4n) is 7.39. The molecule has 0 saturated heterocycles. The van der Waals surface area contributed by atoms with Gasteiger partial charge in [-0.1, -0.05) is 19.3 Å². The van der Waals surface area contributed by atoms with Gasteiger partial charge in [-0.3, -0.25) is 14.4 Å². The molecule has 0 bridgehead atoms. The normalized spacial score (nSPS) is 13.4. The Hall–Kier alpha value is -7.36. The molecule has 2 heterocycles. The fourth-order valence-corrected chi connectivity index (χ4v) is 7.39. The van der Waals surface area contributed by atoms with E-state index in [-0.39, 0.29) is 49.5 Å². The number of nitrogens with two attached hydrogens (primary N) is 1. The number of carboxylic acid groups (broad SMARTS) is 2. The van der Waals surface area contributed by atoms with Crippen LogP contribution in [0.5, 0.6) is 11.5 Å². The molecular weight excluding hydrogens is 771 g/mol. The van der Waals surface area contributed by atoms with Crippen LogP contribution in [0.3, 0.4) is 0 Å². The molecular formula is C44H45N7O9. The molecule has 8 N–H and O–H groups in total. The molecule has 1 aliphatic carbocycles. The Labute approximate surface area is 344 Å². The standard InChI is InChI=1S/C44H45N7O9/c45-30-11-6-27(7-12-30)42(55)47-19-18-46-39(52)24-59-32-13-8-26(9-14-32)41-49-36-20-28(10-17-38(36)51(41)31-4-2-1-3-5-31)43(56)50-37(44(57)58)21-29-23-48-35-16-15-33(22-34(29)35)60-25-40(53)54/h6-17,20,22-23,31,37,48H,1-5,18-19,21,24-25,45H2,(H,46,52)(H,47,55)(H,50,56)(H,53,54)(H,57,58)/t37-/m0/s1. The number of hydrogen-bond donors (Lipinski definition) is 7. The number of nitrogen functional groups attached to an aromatic ring is 1. The van der Waals surface area contributed by atoms with Crippen molar-refractivity contribution < 1.29 is 43.7 Å². The van der Waals surface area contributed by atoms with E-state index >= 15 is 0 Å². The van der Waals surface area contributed by atoms with Crippen LogP contribution in [0.15, 0.2) is 91.1 Å². The van der Waals surface area contributed by atoms with Gasteiger partial charge in [0.1, 0.15) is 23.4 Å². The first-order valence-corrected chi connectivity index (χ1v) is 19.7. The number of amides is 3. The molecule has 7 rings (SSSR count). The number of imidazole rings is 1. The van der Waals surface area contributed by atoms with E-state index in [0.717, 1.165) is 43.2 Å². The number of nitrogens with zero attached hydrogens (tertiary/aromatic N) is 2. The monoisotopic (exact) mass is 815 g/mol. The summed E-state index contributed by atoms with van der Waals surface area (Å²) in [6.45, 7) is -0.273. The highest BCUT2D eigenvalue weighted by Gasteiger charge is 2.26. The van der Waals surface area contributed by atoms with Gasteiger partial charge in [-0.2, -0.15) is 0 Å². The van der Waals surface area contributed by atoms with Crippen LogP contribution in [-0.4, -0.2) is 86.8 Å².